The smallest absolute Gasteiger partial charge is 0.183 e. The normalized spacial score (nSPS) is 11.0. The molecule has 106 valence electrons. The summed E-state index contributed by atoms with van der Waals surface area (Å²) in [4.78, 5) is 12.6. The highest BCUT2D eigenvalue weighted by Gasteiger charge is 2.12. The molecule has 1 aromatic heterocycles. The first-order valence-electron chi connectivity index (χ1n) is 6.17. The minimum Gasteiger partial charge on any atom is -0.309 e. The lowest BCUT2D eigenvalue weighted by molar-refractivity contribution is 0.0972. The molecule has 0 spiro atoms. The van der Waals surface area contributed by atoms with E-state index in [1.54, 1.807) is 4.57 Å². The first kappa shape index (κ1) is 14.0. The highest BCUT2D eigenvalue weighted by atomic mass is 35.5. The van der Waals surface area contributed by atoms with Crippen molar-refractivity contribution in [3.05, 3.63) is 63.7 Å². The van der Waals surface area contributed by atoms with Gasteiger partial charge in [-0.3, -0.25) is 10.2 Å². The molecule has 0 radical (unpaired) electrons. The van der Waals surface area contributed by atoms with Crippen molar-refractivity contribution < 1.29 is 9.18 Å². The Morgan fingerprint density at radius 2 is 2.05 bits per heavy atom. The lowest BCUT2D eigenvalue weighted by Crippen LogP contribution is -2.19. The number of ketones is 1. The largest absolute Gasteiger partial charge is 0.309 e. The standard InChI is InChI=1S/C15H10ClFN2OS/c16-10-7-9(5-6-11(10)17)13(20)8-19-12-3-1-2-4-14(12)21-15(19)18/h1-7,18H,8H2. The molecule has 0 saturated carbocycles. The van der Waals surface area contributed by atoms with Crippen LogP contribution in [0, 0.1) is 11.2 Å². The Morgan fingerprint density at radius 3 is 2.81 bits per heavy atom. The summed E-state index contributed by atoms with van der Waals surface area (Å²) >= 11 is 7.01. The average molecular weight is 321 g/mol. The van der Waals surface area contributed by atoms with Gasteiger partial charge in [-0.1, -0.05) is 35.1 Å². The van der Waals surface area contributed by atoms with Crippen molar-refractivity contribution in [1.82, 2.24) is 4.57 Å². The van der Waals surface area contributed by atoms with E-state index in [4.69, 9.17) is 17.0 Å². The zero-order valence-electron chi connectivity index (χ0n) is 10.8. The maximum Gasteiger partial charge on any atom is 0.183 e. The molecule has 0 atom stereocenters. The van der Waals surface area contributed by atoms with Gasteiger partial charge in [0.1, 0.15) is 5.82 Å². The van der Waals surface area contributed by atoms with E-state index in [1.807, 2.05) is 24.3 Å². The highest BCUT2D eigenvalue weighted by Crippen LogP contribution is 2.19. The maximum absolute atomic E-state index is 13.1. The van der Waals surface area contributed by atoms with E-state index in [2.05, 4.69) is 0 Å². The third kappa shape index (κ3) is 2.62. The molecule has 0 saturated heterocycles. The van der Waals surface area contributed by atoms with E-state index in [0.717, 1.165) is 10.2 Å². The number of Topliss-reactive ketones (excluding diaryl/α,β-unsaturated/α-hetero) is 1. The predicted molar refractivity (Wildman–Crippen MR) is 81.4 cm³/mol. The van der Waals surface area contributed by atoms with Crippen LogP contribution in [0.2, 0.25) is 5.02 Å². The second-order valence-electron chi connectivity index (χ2n) is 4.51. The van der Waals surface area contributed by atoms with E-state index in [0.29, 0.717) is 10.4 Å². The Morgan fingerprint density at radius 1 is 1.29 bits per heavy atom. The molecule has 0 aliphatic carbocycles. The Kier molecular flexibility index (Phi) is 3.61. The molecule has 6 heteroatoms. The summed E-state index contributed by atoms with van der Waals surface area (Å²) in [5.41, 5.74) is 1.18. The molecular weight excluding hydrogens is 311 g/mol. The zero-order chi connectivity index (χ0) is 15.0. The van der Waals surface area contributed by atoms with Crippen molar-refractivity contribution in [3.63, 3.8) is 0 Å². The SMILES string of the molecule is N=c1sc2ccccc2n1CC(=O)c1ccc(F)c(Cl)c1. The zero-order valence-corrected chi connectivity index (χ0v) is 12.3. The summed E-state index contributed by atoms with van der Waals surface area (Å²) in [6.07, 6.45) is 0. The van der Waals surface area contributed by atoms with E-state index in [-0.39, 0.29) is 17.4 Å². The fourth-order valence-corrected chi connectivity index (χ4v) is 3.19. The maximum atomic E-state index is 13.1. The topological polar surface area (TPSA) is 45.9 Å². The number of rotatable bonds is 3. The van der Waals surface area contributed by atoms with Gasteiger partial charge in [-0.25, -0.2) is 4.39 Å². The van der Waals surface area contributed by atoms with Crippen molar-refractivity contribution in [2.24, 2.45) is 0 Å². The van der Waals surface area contributed by atoms with Gasteiger partial charge < -0.3 is 4.57 Å². The number of hydrogen-bond donors (Lipinski definition) is 1. The van der Waals surface area contributed by atoms with Gasteiger partial charge >= 0.3 is 0 Å². The Balaban J connectivity index is 1.98. The summed E-state index contributed by atoms with van der Waals surface area (Å²) in [7, 11) is 0. The summed E-state index contributed by atoms with van der Waals surface area (Å²) < 4.78 is 15.7. The number of nitrogens with zero attached hydrogens (tertiary/aromatic N) is 1. The van der Waals surface area contributed by atoms with Crippen LogP contribution in [0.4, 0.5) is 4.39 Å². The van der Waals surface area contributed by atoms with E-state index in [1.165, 1.54) is 29.5 Å². The highest BCUT2D eigenvalue weighted by molar-refractivity contribution is 7.16. The Labute approximate surface area is 128 Å². The second kappa shape index (κ2) is 5.42. The van der Waals surface area contributed by atoms with Crippen molar-refractivity contribution in [2.75, 3.05) is 0 Å². The number of para-hydroxylation sites is 1. The van der Waals surface area contributed by atoms with E-state index >= 15 is 0 Å². The molecule has 0 bridgehead atoms. The fourth-order valence-electron chi connectivity index (χ4n) is 2.10. The quantitative estimate of drug-likeness (QED) is 0.732. The van der Waals surface area contributed by atoms with Crippen LogP contribution in [0.25, 0.3) is 10.2 Å². The van der Waals surface area contributed by atoms with Gasteiger partial charge in [-0.05, 0) is 30.3 Å². The molecule has 3 aromatic rings. The van der Waals surface area contributed by atoms with Crippen LogP contribution in [0.5, 0.6) is 0 Å². The van der Waals surface area contributed by atoms with E-state index in [9.17, 15) is 9.18 Å². The molecule has 0 amide bonds. The number of nitrogens with one attached hydrogen (secondary N) is 1. The van der Waals surface area contributed by atoms with Crippen LogP contribution >= 0.6 is 22.9 Å². The van der Waals surface area contributed by atoms with Gasteiger partial charge in [0.25, 0.3) is 0 Å². The minimum absolute atomic E-state index is 0.0325. The van der Waals surface area contributed by atoms with Crippen molar-refractivity contribution in [1.29, 1.82) is 5.41 Å². The number of carbonyl (C=O) groups excluding carboxylic acids is 1. The first-order chi connectivity index (χ1) is 10.1. The van der Waals surface area contributed by atoms with Crippen LogP contribution in [0.1, 0.15) is 10.4 Å². The lowest BCUT2D eigenvalue weighted by atomic mass is 10.1. The number of benzene rings is 2. The van der Waals surface area contributed by atoms with Crippen LogP contribution in [0.15, 0.2) is 42.5 Å². The van der Waals surface area contributed by atoms with Crippen molar-refractivity contribution in [3.8, 4) is 0 Å². The monoisotopic (exact) mass is 320 g/mol. The Hall–Kier alpha value is -1.98. The summed E-state index contributed by atoms with van der Waals surface area (Å²) in [5.74, 6) is -0.762. The van der Waals surface area contributed by atoms with Crippen molar-refractivity contribution in [2.45, 2.75) is 6.54 Å². The predicted octanol–water partition coefficient (Wildman–Crippen LogP) is 3.86. The van der Waals surface area contributed by atoms with Crippen LogP contribution in [-0.2, 0) is 6.54 Å². The third-order valence-electron chi connectivity index (χ3n) is 3.15. The second-order valence-corrected chi connectivity index (χ2v) is 5.95. The summed E-state index contributed by atoms with van der Waals surface area (Å²) in [5, 5.41) is 7.90. The molecule has 21 heavy (non-hydrogen) atoms. The van der Waals surface area contributed by atoms with Crippen LogP contribution in [-0.4, -0.2) is 10.4 Å². The number of hydrogen-bond acceptors (Lipinski definition) is 3. The molecular formula is C15H10ClFN2OS. The van der Waals surface area contributed by atoms with E-state index < -0.39 is 5.82 Å². The van der Waals surface area contributed by atoms with Gasteiger partial charge in [-0.2, -0.15) is 0 Å². The number of aromatic nitrogens is 1. The molecule has 3 rings (SSSR count). The van der Waals surface area contributed by atoms with Gasteiger partial charge in [0.2, 0.25) is 0 Å². The van der Waals surface area contributed by atoms with Gasteiger partial charge in [0, 0.05) is 5.56 Å². The average Bonchev–Trinajstić information content (AvgIpc) is 2.78. The molecule has 0 aliphatic rings. The molecule has 2 aromatic carbocycles. The fraction of sp³-hybridized carbons (Fsp3) is 0.0667. The number of halogens is 2. The number of thiazole rings is 1. The first-order valence-corrected chi connectivity index (χ1v) is 7.37. The number of carbonyl (C=O) groups is 1. The Bertz CT molecular complexity index is 900. The number of fused-ring (bicyclic) bond motifs is 1. The molecule has 0 fully saturated rings. The van der Waals surface area contributed by atoms with Crippen LogP contribution in [0.3, 0.4) is 0 Å². The van der Waals surface area contributed by atoms with Gasteiger partial charge in [-0.15, -0.1) is 0 Å². The van der Waals surface area contributed by atoms with Crippen molar-refractivity contribution >= 4 is 38.9 Å². The molecule has 0 unspecified atom stereocenters. The molecule has 1 heterocycles. The molecule has 0 aliphatic heterocycles. The molecule has 1 N–H and O–H groups in total. The summed E-state index contributed by atoms with van der Waals surface area (Å²) in [6.45, 7) is 0.0325. The third-order valence-corrected chi connectivity index (χ3v) is 4.42. The summed E-state index contributed by atoms with van der Waals surface area (Å²) in [6, 6.07) is 11.4. The van der Waals surface area contributed by atoms with Gasteiger partial charge in [0.15, 0.2) is 10.6 Å². The minimum atomic E-state index is -0.553. The van der Waals surface area contributed by atoms with Gasteiger partial charge in [0.05, 0.1) is 21.8 Å². The van der Waals surface area contributed by atoms with Crippen LogP contribution < -0.4 is 4.80 Å². The molecule has 3 nitrogen and oxygen atoms in total. The lowest BCUT2D eigenvalue weighted by Gasteiger charge is -2.05.